The average Bonchev–Trinajstić information content (AvgIpc) is 2.25. The maximum absolute atomic E-state index is 10.3. The third-order valence-corrected chi connectivity index (χ3v) is 1.77. The second-order valence-electron chi connectivity index (χ2n) is 2.74. The van der Waals surface area contributed by atoms with Crippen LogP contribution in [-0.4, -0.2) is 18.2 Å². The van der Waals surface area contributed by atoms with E-state index in [0.717, 1.165) is 6.08 Å². The maximum atomic E-state index is 10.3. The molecule has 0 saturated carbocycles. The van der Waals surface area contributed by atoms with E-state index in [-0.39, 0.29) is 0 Å². The largest absolute Gasteiger partial charge is 0.496 e. The molecule has 0 atom stereocenters. The minimum absolute atomic E-state index is 0.472. The second kappa shape index (κ2) is 4.82. The molecule has 0 radical (unpaired) electrons. The molecule has 0 amide bonds. The van der Waals surface area contributed by atoms with Gasteiger partial charge in [0.1, 0.15) is 5.75 Å². The van der Waals surface area contributed by atoms with E-state index in [9.17, 15) is 4.79 Å². The SMILES string of the molecule is COc1cc(C#N)ccc1/C=C/C(=O)O. The highest BCUT2D eigenvalue weighted by Gasteiger charge is 2.01. The lowest BCUT2D eigenvalue weighted by molar-refractivity contribution is -0.131. The fraction of sp³-hybridized carbons (Fsp3) is 0.0909. The summed E-state index contributed by atoms with van der Waals surface area (Å²) in [5.41, 5.74) is 1.10. The zero-order valence-electron chi connectivity index (χ0n) is 8.10. The van der Waals surface area contributed by atoms with E-state index in [2.05, 4.69) is 0 Å². The first-order valence-corrected chi connectivity index (χ1v) is 4.16. The fourth-order valence-electron chi connectivity index (χ4n) is 1.08. The van der Waals surface area contributed by atoms with Crippen molar-refractivity contribution in [3.63, 3.8) is 0 Å². The van der Waals surface area contributed by atoms with Crippen LogP contribution in [0.3, 0.4) is 0 Å². The first-order valence-electron chi connectivity index (χ1n) is 4.16. The van der Waals surface area contributed by atoms with E-state index in [4.69, 9.17) is 15.1 Å². The van der Waals surface area contributed by atoms with Crippen LogP contribution in [0.1, 0.15) is 11.1 Å². The molecule has 0 unspecified atom stereocenters. The Morgan fingerprint density at radius 2 is 2.33 bits per heavy atom. The third kappa shape index (κ3) is 2.85. The van der Waals surface area contributed by atoms with Gasteiger partial charge >= 0.3 is 5.97 Å². The Labute approximate surface area is 87.0 Å². The summed E-state index contributed by atoms with van der Waals surface area (Å²) < 4.78 is 5.02. The first-order chi connectivity index (χ1) is 7.17. The molecular weight excluding hydrogens is 194 g/mol. The van der Waals surface area contributed by atoms with Crippen molar-refractivity contribution in [3.8, 4) is 11.8 Å². The monoisotopic (exact) mass is 203 g/mol. The summed E-state index contributed by atoms with van der Waals surface area (Å²) in [5.74, 6) is -0.548. The van der Waals surface area contributed by atoms with Crippen molar-refractivity contribution < 1.29 is 14.6 Å². The lowest BCUT2D eigenvalue weighted by Crippen LogP contribution is -1.90. The van der Waals surface area contributed by atoms with Crippen LogP contribution in [0.4, 0.5) is 0 Å². The topological polar surface area (TPSA) is 70.3 Å². The summed E-state index contributed by atoms with van der Waals surface area (Å²) in [6, 6.07) is 6.77. The zero-order valence-corrected chi connectivity index (χ0v) is 8.10. The van der Waals surface area contributed by atoms with Crippen LogP contribution in [0, 0.1) is 11.3 Å². The molecule has 0 aliphatic carbocycles. The normalized spacial score (nSPS) is 9.87. The summed E-state index contributed by atoms with van der Waals surface area (Å²) in [4.78, 5) is 10.3. The third-order valence-electron chi connectivity index (χ3n) is 1.77. The van der Waals surface area contributed by atoms with Gasteiger partial charge in [-0.25, -0.2) is 4.79 Å². The Kier molecular flexibility index (Phi) is 3.47. The number of ether oxygens (including phenoxy) is 1. The van der Waals surface area contributed by atoms with Gasteiger partial charge in [0.05, 0.1) is 18.7 Å². The molecule has 0 saturated heterocycles. The molecule has 76 valence electrons. The Hall–Kier alpha value is -2.28. The molecule has 1 N–H and O–H groups in total. The van der Waals surface area contributed by atoms with Crippen LogP contribution in [0.15, 0.2) is 24.3 Å². The number of hydrogen-bond donors (Lipinski definition) is 1. The van der Waals surface area contributed by atoms with Crippen LogP contribution in [-0.2, 0) is 4.79 Å². The number of carbonyl (C=O) groups is 1. The van der Waals surface area contributed by atoms with Crippen molar-refractivity contribution in [2.45, 2.75) is 0 Å². The fourth-order valence-corrected chi connectivity index (χ4v) is 1.08. The van der Waals surface area contributed by atoms with Gasteiger partial charge in [0.25, 0.3) is 0 Å². The highest BCUT2D eigenvalue weighted by Crippen LogP contribution is 2.21. The van der Waals surface area contributed by atoms with Gasteiger partial charge in [-0.2, -0.15) is 5.26 Å². The molecule has 1 aromatic carbocycles. The standard InChI is InChI=1S/C11H9NO3/c1-15-10-6-8(7-12)2-3-9(10)4-5-11(13)14/h2-6H,1H3,(H,13,14)/b5-4+. The quantitative estimate of drug-likeness (QED) is 0.758. The number of nitriles is 1. The molecule has 0 aliphatic heterocycles. The van der Waals surface area contributed by atoms with Crippen LogP contribution in [0.25, 0.3) is 6.08 Å². The summed E-state index contributed by atoms with van der Waals surface area (Å²) >= 11 is 0. The molecule has 0 bridgehead atoms. The van der Waals surface area contributed by atoms with Crippen molar-refractivity contribution >= 4 is 12.0 Å². The smallest absolute Gasteiger partial charge is 0.328 e. The molecule has 1 rings (SSSR count). The number of benzene rings is 1. The van der Waals surface area contributed by atoms with Gasteiger partial charge in [-0.15, -0.1) is 0 Å². The molecule has 15 heavy (non-hydrogen) atoms. The van der Waals surface area contributed by atoms with Crippen molar-refractivity contribution in [3.05, 3.63) is 35.4 Å². The Morgan fingerprint density at radius 3 is 2.87 bits per heavy atom. The van der Waals surface area contributed by atoms with Crippen LogP contribution in [0.2, 0.25) is 0 Å². The molecule has 0 spiro atoms. The van der Waals surface area contributed by atoms with E-state index in [1.165, 1.54) is 13.2 Å². The summed E-state index contributed by atoms with van der Waals surface area (Å²) in [6.45, 7) is 0. The average molecular weight is 203 g/mol. The van der Waals surface area contributed by atoms with Crippen molar-refractivity contribution in [1.82, 2.24) is 0 Å². The summed E-state index contributed by atoms with van der Waals surface area (Å²) in [5, 5.41) is 17.1. The molecule has 0 fully saturated rings. The molecule has 0 aliphatic rings. The second-order valence-corrected chi connectivity index (χ2v) is 2.74. The van der Waals surface area contributed by atoms with Gasteiger partial charge in [-0.3, -0.25) is 0 Å². The van der Waals surface area contributed by atoms with Gasteiger partial charge in [-0.1, -0.05) is 0 Å². The van der Waals surface area contributed by atoms with E-state index in [0.29, 0.717) is 16.9 Å². The van der Waals surface area contributed by atoms with Crippen LogP contribution in [0.5, 0.6) is 5.75 Å². The lowest BCUT2D eigenvalue weighted by Gasteiger charge is -2.04. The summed E-state index contributed by atoms with van der Waals surface area (Å²) in [6.07, 6.45) is 2.44. The lowest BCUT2D eigenvalue weighted by atomic mass is 10.1. The predicted octanol–water partition coefficient (Wildman–Crippen LogP) is 1.66. The van der Waals surface area contributed by atoms with E-state index in [1.807, 2.05) is 6.07 Å². The van der Waals surface area contributed by atoms with Crippen molar-refractivity contribution in [1.29, 1.82) is 5.26 Å². The molecule has 4 nitrogen and oxygen atoms in total. The van der Waals surface area contributed by atoms with Crippen molar-refractivity contribution in [2.24, 2.45) is 0 Å². The highest BCUT2D eigenvalue weighted by molar-refractivity contribution is 5.86. The van der Waals surface area contributed by atoms with Gasteiger partial charge in [0.15, 0.2) is 0 Å². The van der Waals surface area contributed by atoms with Gasteiger partial charge in [0.2, 0.25) is 0 Å². The van der Waals surface area contributed by atoms with Crippen molar-refractivity contribution in [2.75, 3.05) is 7.11 Å². The van der Waals surface area contributed by atoms with Gasteiger partial charge < -0.3 is 9.84 Å². The van der Waals surface area contributed by atoms with E-state index < -0.39 is 5.97 Å². The van der Waals surface area contributed by atoms with E-state index in [1.54, 1.807) is 18.2 Å². The maximum Gasteiger partial charge on any atom is 0.328 e. The van der Waals surface area contributed by atoms with Crippen LogP contribution >= 0.6 is 0 Å². The highest BCUT2D eigenvalue weighted by atomic mass is 16.5. The van der Waals surface area contributed by atoms with Gasteiger partial charge in [-0.05, 0) is 24.3 Å². The summed E-state index contributed by atoms with van der Waals surface area (Å²) in [7, 11) is 1.47. The Balaban J connectivity index is 3.09. The zero-order chi connectivity index (χ0) is 11.3. The number of hydrogen-bond acceptors (Lipinski definition) is 3. The molecule has 1 aromatic rings. The van der Waals surface area contributed by atoms with E-state index >= 15 is 0 Å². The Morgan fingerprint density at radius 1 is 1.60 bits per heavy atom. The minimum atomic E-state index is -1.03. The molecule has 0 aromatic heterocycles. The number of carboxylic acids is 1. The molecule has 4 heteroatoms. The predicted molar refractivity (Wildman–Crippen MR) is 54.4 cm³/mol. The number of nitrogens with zero attached hydrogens (tertiary/aromatic N) is 1. The minimum Gasteiger partial charge on any atom is -0.496 e. The number of aliphatic carboxylic acids is 1. The molecule has 0 heterocycles. The molecular formula is C11H9NO3. The number of methoxy groups -OCH3 is 1. The Bertz CT molecular complexity index is 444. The first kappa shape index (κ1) is 10.8. The number of carboxylic acid groups (broad SMARTS) is 1. The van der Waals surface area contributed by atoms with Gasteiger partial charge in [0, 0.05) is 11.6 Å². The van der Waals surface area contributed by atoms with Crippen LogP contribution < -0.4 is 4.74 Å². The number of rotatable bonds is 3.